The highest BCUT2D eigenvalue weighted by Crippen LogP contribution is 2.44. The third kappa shape index (κ3) is 3.65. The van der Waals surface area contributed by atoms with Crippen LogP contribution in [0, 0.1) is 11.8 Å². The normalized spacial score (nSPS) is 23.8. The number of aromatic nitrogens is 1. The molecule has 1 aromatic heterocycles. The number of nitrogens with zero attached hydrogens (tertiary/aromatic N) is 1. The SMILES string of the molecule is O=c1sc2cc(S(=O)(=O)N[C@H]3C[C@H]4CC[C@H]3C4)ccc2n1Cc1ccc(Cl)cc1. The minimum absolute atomic E-state index is 0.0442. The molecule has 0 unspecified atom stereocenters. The summed E-state index contributed by atoms with van der Waals surface area (Å²) in [7, 11) is -3.59. The number of nitrogens with one attached hydrogen (secondary N) is 1. The number of benzene rings is 2. The molecule has 1 N–H and O–H groups in total. The molecule has 0 amide bonds. The molecule has 2 fully saturated rings. The number of rotatable bonds is 5. The van der Waals surface area contributed by atoms with Crippen LogP contribution in [0.15, 0.2) is 52.2 Å². The van der Waals surface area contributed by atoms with Gasteiger partial charge < -0.3 is 0 Å². The van der Waals surface area contributed by atoms with Crippen molar-refractivity contribution in [3.8, 4) is 0 Å². The molecular formula is C21H21ClN2O3S2. The van der Waals surface area contributed by atoms with Gasteiger partial charge in [-0.25, -0.2) is 13.1 Å². The molecule has 5 nitrogen and oxygen atoms in total. The largest absolute Gasteiger partial charge is 0.308 e. The van der Waals surface area contributed by atoms with Crippen molar-refractivity contribution in [2.45, 2.75) is 43.2 Å². The standard InChI is InChI=1S/C21H21ClN2O3S2/c22-16-5-2-13(3-6-16)12-24-19-8-7-17(11-20(19)28-21(24)25)29(26,27)23-18-10-14-1-4-15(18)9-14/h2-3,5-8,11,14-15,18,23H,1,4,9-10,12H2/t14-,15-,18-/m0/s1. The summed E-state index contributed by atoms with van der Waals surface area (Å²) in [6, 6.07) is 12.4. The minimum Gasteiger partial charge on any atom is -0.294 e. The van der Waals surface area contributed by atoms with Crippen molar-refractivity contribution in [3.05, 3.63) is 62.7 Å². The highest BCUT2D eigenvalue weighted by molar-refractivity contribution is 7.89. The van der Waals surface area contributed by atoms with Crippen LogP contribution in [0.5, 0.6) is 0 Å². The van der Waals surface area contributed by atoms with Gasteiger partial charge in [0.05, 0.1) is 21.7 Å². The maximum atomic E-state index is 12.9. The Balaban J connectivity index is 1.43. The third-order valence-corrected chi connectivity index (χ3v) is 8.93. The Morgan fingerprint density at radius 3 is 2.59 bits per heavy atom. The van der Waals surface area contributed by atoms with Crippen LogP contribution in [0.1, 0.15) is 31.2 Å². The fourth-order valence-corrected chi connectivity index (χ4v) is 7.27. The Labute approximate surface area is 178 Å². The summed E-state index contributed by atoms with van der Waals surface area (Å²) < 4.78 is 31.1. The van der Waals surface area contributed by atoms with Crippen molar-refractivity contribution >= 4 is 43.2 Å². The van der Waals surface area contributed by atoms with E-state index in [1.54, 1.807) is 34.9 Å². The van der Waals surface area contributed by atoms with Gasteiger partial charge in [0.25, 0.3) is 0 Å². The molecule has 3 atom stereocenters. The molecule has 2 aliphatic carbocycles. The fourth-order valence-electron chi connectivity index (χ4n) is 4.79. The van der Waals surface area contributed by atoms with Crippen molar-refractivity contribution in [2.75, 3.05) is 0 Å². The molecule has 5 rings (SSSR count). The van der Waals surface area contributed by atoms with Gasteiger partial charge in [-0.15, -0.1) is 0 Å². The summed E-state index contributed by atoms with van der Waals surface area (Å²) in [6.07, 6.45) is 4.42. The molecule has 2 bridgehead atoms. The molecule has 0 saturated heterocycles. The van der Waals surface area contributed by atoms with E-state index in [4.69, 9.17) is 11.6 Å². The van der Waals surface area contributed by atoms with Crippen molar-refractivity contribution < 1.29 is 8.42 Å². The molecule has 0 spiro atoms. The van der Waals surface area contributed by atoms with Gasteiger partial charge in [-0.1, -0.05) is 41.5 Å². The lowest BCUT2D eigenvalue weighted by Gasteiger charge is -2.22. The lowest BCUT2D eigenvalue weighted by Crippen LogP contribution is -2.38. The summed E-state index contributed by atoms with van der Waals surface area (Å²) in [6.45, 7) is 0.422. The first-order valence-corrected chi connectivity index (χ1v) is 12.5. The third-order valence-electron chi connectivity index (χ3n) is 6.25. The van der Waals surface area contributed by atoms with E-state index in [1.165, 1.54) is 6.42 Å². The molecule has 8 heteroatoms. The van der Waals surface area contributed by atoms with Gasteiger partial charge in [0, 0.05) is 11.1 Å². The number of halogens is 1. The van der Waals surface area contributed by atoms with Crippen LogP contribution in [-0.4, -0.2) is 19.0 Å². The number of hydrogen-bond donors (Lipinski definition) is 1. The first kappa shape index (κ1) is 19.3. The topological polar surface area (TPSA) is 68.2 Å². The van der Waals surface area contributed by atoms with E-state index >= 15 is 0 Å². The second-order valence-corrected chi connectivity index (χ2v) is 11.3. The van der Waals surface area contributed by atoms with Crippen molar-refractivity contribution in [1.82, 2.24) is 9.29 Å². The van der Waals surface area contributed by atoms with Crippen molar-refractivity contribution in [3.63, 3.8) is 0 Å². The van der Waals surface area contributed by atoms with Crippen LogP contribution in [-0.2, 0) is 16.6 Å². The van der Waals surface area contributed by atoms with Gasteiger partial charge in [-0.2, -0.15) is 0 Å². The second kappa shape index (κ2) is 7.23. The zero-order valence-electron chi connectivity index (χ0n) is 15.7. The predicted molar refractivity (Wildman–Crippen MR) is 116 cm³/mol. The summed E-state index contributed by atoms with van der Waals surface area (Å²) in [5.41, 5.74) is 1.71. The maximum Gasteiger partial charge on any atom is 0.308 e. The van der Waals surface area contributed by atoms with Gasteiger partial charge in [0.1, 0.15) is 0 Å². The molecule has 2 aliphatic rings. The average Bonchev–Trinajstić information content (AvgIpc) is 3.37. The van der Waals surface area contributed by atoms with E-state index in [1.807, 2.05) is 12.1 Å². The number of thiazole rings is 1. The Bertz CT molecular complexity index is 1230. The van der Waals surface area contributed by atoms with Gasteiger partial charge in [0.15, 0.2) is 0 Å². The van der Waals surface area contributed by atoms with E-state index in [0.717, 1.165) is 41.7 Å². The lowest BCUT2D eigenvalue weighted by molar-refractivity contribution is 0.390. The van der Waals surface area contributed by atoms with Gasteiger partial charge >= 0.3 is 4.87 Å². The van der Waals surface area contributed by atoms with E-state index in [-0.39, 0.29) is 15.8 Å². The lowest BCUT2D eigenvalue weighted by atomic mass is 9.96. The molecule has 1 heterocycles. The molecule has 0 radical (unpaired) electrons. The zero-order chi connectivity index (χ0) is 20.2. The first-order chi connectivity index (χ1) is 13.9. The van der Waals surface area contributed by atoms with Crippen molar-refractivity contribution in [2.24, 2.45) is 11.8 Å². The Morgan fingerprint density at radius 2 is 1.90 bits per heavy atom. The fraction of sp³-hybridized carbons (Fsp3) is 0.381. The Hall–Kier alpha value is -1.67. The first-order valence-electron chi connectivity index (χ1n) is 9.79. The smallest absolute Gasteiger partial charge is 0.294 e. The summed E-state index contributed by atoms with van der Waals surface area (Å²) in [5, 5.41) is 0.647. The van der Waals surface area contributed by atoms with Crippen LogP contribution in [0.3, 0.4) is 0 Å². The molecule has 3 aromatic rings. The number of sulfonamides is 1. The molecule has 29 heavy (non-hydrogen) atoms. The maximum absolute atomic E-state index is 12.9. The predicted octanol–water partition coefficient (Wildman–Crippen LogP) is 4.23. The molecule has 2 saturated carbocycles. The molecular weight excluding hydrogens is 428 g/mol. The number of fused-ring (bicyclic) bond motifs is 3. The monoisotopic (exact) mass is 448 g/mol. The van der Waals surface area contributed by atoms with Crippen molar-refractivity contribution in [1.29, 1.82) is 0 Å². The summed E-state index contributed by atoms with van der Waals surface area (Å²) >= 11 is 7.01. The Morgan fingerprint density at radius 1 is 1.10 bits per heavy atom. The van der Waals surface area contributed by atoms with Gasteiger partial charge in [-0.05, 0) is 67.0 Å². The second-order valence-electron chi connectivity index (χ2n) is 8.11. The zero-order valence-corrected chi connectivity index (χ0v) is 18.1. The van der Waals surface area contributed by atoms with Crippen LogP contribution >= 0.6 is 22.9 Å². The quantitative estimate of drug-likeness (QED) is 0.635. The van der Waals surface area contributed by atoms with E-state index in [9.17, 15) is 13.2 Å². The molecule has 2 aromatic carbocycles. The highest BCUT2D eigenvalue weighted by atomic mass is 35.5. The van der Waals surface area contributed by atoms with E-state index < -0.39 is 10.0 Å². The van der Waals surface area contributed by atoms with E-state index in [0.29, 0.717) is 28.1 Å². The molecule has 152 valence electrons. The van der Waals surface area contributed by atoms with Crippen LogP contribution in [0.2, 0.25) is 5.02 Å². The summed E-state index contributed by atoms with van der Waals surface area (Å²) in [5.74, 6) is 1.14. The number of hydrogen-bond acceptors (Lipinski definition) is 4. The summed E-state index contributed by atoms with van der Waals surface area (Å²) in [4.78, 5) is 12.6. The van der Waals surface area contributed by atoms with Crippen LogP contribution < -0.4 is 9.60 Å². The van der Waals surface area contributed by atoms with Gasteiger partial charge in [0.2, 0.25) is 10.0 Å². The highest BCUT2D eigenvalue weighted by Gasteiger charge is 2.41. The minimum atomic E-state index is -3.59. The average molecular weight is 449 g/mol. The molecule has 0 aliphatic heterocycles. The van der Waals surface area contributed by atoms with Crippen LogP contribution in [0.4, 0.5) is 0 Å². The van der Waals surface area contributed by atoms with Gasteiger partial charge in [-0.3, -0.25) is 9.36 Å². The van der Waals surface area contributed by atoms with Crippen LogP contribution in [0.25, 0.3) is 10.2 Å². The van der Waals surface area contributed by atoms with E-state index in [2.05, 4.69) is 4.72 Å². The Kier molecular flexibility index (Phi) is 4.81.